The molecule has 1 fully saturated rings. The molecule has 0 unspecified atom stereocenters. The van der Waals surface area contributed by atoms with Crippen LogP contribution in [0.25, 0.3) is 5.70 Å². The summed E-state index contributed by atoms with van der Waals surface area (Å²) in [7, 11) is 0. The third-order valence-electron chi connectivity index (χ3n) is 4.63. The summed E-state index contributed by atoms with van der Waals surface area (Å²) in [6.07, 6.45) is 3.95. The molecule has 8 nitrogen and oxygen atoms in total. The zero-order valence-corrected chi connectivity index (χ0v) is 16.3. The van der Waals surface area contributed by atoms with Gasteiger partial charge in [-0.05, 0) is 31.9 Å². The smallest absolute Gasteiger partial charge is 0.225 e. The summed E-state index contributed by atoms with van der Waals surface area (Å²) in [6, 6.07) is 13.4. The zero-order valence-electron chi connectivity index (χ0n) is 16.3. The number of carbonyl (C=O) groups is 1. The van der Waals surface area contributed by atoms with Crippen molar-refractivity contribution in [1.29, 1.82) is 0 Å². The number of aromatic nitrogens is 4. The first-order valence-corrected chi connectivity index (χ1v) is 9.60. The Labute approximate surface area is 168 Å². The fourth-order valence-electron chi connectivity index (χ4n) is 2.99. The van der Waals surface area contributed by atoms with Crippen molar-refractivity contribution in [2.24, 2.45) is 0 Å². The number of hydrogen-bond acceptors (Lipinski definition) is 6. The van der Waals surface area contributed by atoms with Crippen molar-refractivity contribution in [2.75, 3.05) is 17.2 Å². The first-order valence-electron chi connectivity index (χ1n) is 9.60. The van der Waals surface area contributed by atoms with Crippen molar-refractivity contribution in [3.63, 3.8) is 0 Å². The van der Waals surface area contributed by atoms with E-state index in [1.807, 2.05) is 49.4 Å². The minimum Gasteiger partial charge on any atom is -0.347 e. The van der Waals surface area contributed by atoms with Gasteiger partial charge in [0, 0.05) is 41.1 Å². The Morgan fingerprint density at radius 3 is 2.76 bits per heavy atom. The van der Waals surface area contributed by atoms with E-state index in [1.165, 1.54) is 18.9 Å². The lowest BCUT2D eigenvalue weighted by Crippen LogP contribution is -2.46. The normalized spacial score (nSPS) is 13.9. The molecular weight excluding hydrogens is 366 g/mol. The van der Waals surface area contributed by atoms with Crippen LogP contribution in [0.4, 0.5) is 17.6 Å². The molecule has 1 aliphatic rings. The van der Waals surface area contributed by atoms with Gasteiger partial charge in [0.2, 0.25) is 5.95 Å². The summed E-state index contributed by atoms with van der Waals surface area (Å²) in [5.74, 6) is 2.24. The van der Waals surface area contributed by atoms with Gasteiger partial charge in [-0.2, -0.15) is 10.1 Å². The highest BCUT2D eigenvalue weighted by Crippen LogP contribution is 2.39. The predicted octanol–water partition coefficient (Wildman–Crippen LogP) is 2.39. The Bertz CT molecular complexity index is 1040. The maximum absolute atomic E-state index is 12.3. The number of aromatic amines is 1. The molecule has 8 heteroatoms. The summed E-state index contributed by atoms with van der Waals surface area (Å²) < 4.78 is 0. The van der Waals surface area contributed by atoms with Crippen LogP contribution in [-0.4, -0.2) is 32.5 Å². The first kappa shape index (κ1) is 18.8. The van der Waals surface area contributed by atoms with Crippen LogP contribution in [-0.2, 0) is 4.79 Å². The fourth-order valence-corrected chi connectivity index (χ4v) is 2.99. The van der Waals surface area contributed by atoms with E-state index in [0.717, 1.165) is 22.8 Å². The molecule has 148 valence electrons. The molecule has 2 aromatic heterocycles. The highest BCUT2D eigenvalue weighted by atomic mass is 16.1. The molecule has 1 saturated carbocycles. The molecule has 4 rings (SSSR count). The standard InChI is InChI=1S/C21H23N7O/c1-13-9-19(25-20-11-18(27-28-20)15-7-8-15)26-21(24-13)23-12-16(29)10-17(22)14-5-3-2-4-6-14/h2-6,9-11,15H,7-8,12,22H2,1H3,(H3,23,24,25,26,27,28)/p+1/b17-10-. The minimum absolute atomic E-state index is 0.0863. The number of ketones is 1. The Balaban J connectivity index is 1.38. The zero-order chi connectivity index (χ0) is 20.2. The summed E-state index contributed by atoms with van der Waals surface area (Å²) in [5, 5.41) is 13.5. The summed E-state index contributed by atoms with van der Waals surface area (Å²) in [4.78, 5) is 21.1. The number of carbonyl (C=O) groups excluding carboxylic acids is 1. The molecule has 0 amide bonds. The van der Waals surface area contributed by atoms with Gasteiger partial charge in [0.1, 0.15) is 11.5 Å². The van der Waals surface area contributed by atoms with Crippen LogP contribution < -0.4 is 16.4 Å². The van der Waals surface area contributed by atoms with E-state index < -0.39 is 0 Å². The van der Waals surface area contributed by atoms with Crippen LogP contribution in [0.5, 0.6) is 0 Å². The maximum Gasteiger partial charge on any atom is 0.225 e. The molecule has 3 aromatic rings. The third kappa shape index (κ3) is 5.05. The van der Waals surface area contributed by atoms with Crippen LogP contribution in [0.1, 0.15) is 35.7 Å². The minimum atomic E-state index is -0.0974. The Hall–Kier alpha value is -3.52. The van der Waals surface area contributed by atoms with Crippen LogP contribution in [0.3, 0.4) is 0 Å². The molecule has 0 atom stereocenters. The Morgan fingerprint density at radius 1 is 1.21 bits per heavy atom. The van der Waals surface area contributed by atoms with Crippen molar-refractivity contribution in [3.05, 3.63) is 65.5 Å². The highest BCUT2D eigenvalue weighted by molar-refractivity contribution is 5.97. The van der Waals surface area contributed by atoms with Crippen molar-refractivity contribution < 1.29 is 10.5 Å². The molecule has 0 bridgehead atoms. The second kappa shape index (κ2) is 8.24. The summed E-state index contributed by atoms with van der Waals surface area (Å²) in [5.41, 5.74) is 7.49. The lowest BCUT2D eigenvalue weighted by molar-refractivity contribution is -0.243. The average Bonchev–Trinajstić information content (AvgIpc) is 3.46. The molecule has 6 N–H and O–H groups in total. The number of nitrogens with zero attached hydrogens (tertiary/aromatic N) is 3. The largest absolute Gasteiger partial charge is 0.347 e. The maximum atomic E-state index is 12.3. The molecule has 0 spiro atoms. The molecule has 0 aliphatic heterocycles. The van der Waals surface area contributed by atoms with E-state index in [1.54, 1.807) is 0 Å². The van der Waals surface area contributed by atoms with Gasteiger partial charge in [0.15, 0.2) is 11.6 Å². The van der Waals surface area contributed by atoms with Crippen LogP contribution in [0.15, 0.2) is 48.5 Å². The van der Waals surface area contributed by atoms with Crippen molar-refractivity contribution in [1.82, 2.24) is 20.2 Å². The number of quaternary nitrogens is 1. The van der Waals surface area contributed by atoms with Crippen LogP contribution in [0, 0.1) is 6.92 Å². The fraction of sp³-hybridized carbons (Fsp3) is 0.238. The number of aryl methyl sites for hydroxylation is 1. The van der Waals surface area contributed by atoms with Crippen molar-refractivity contribution in [2.45, 2.75) is 25.7 Å². The number of benzene rings is 1. The molecular formula is C21H24N7O+. The molecule has 29 heavy (non-hydrogen) atoms. The van der Waals surface area contributed by atoms with E-state index >= 15 is 0 Å². The van der Waals surface area contributed by atoms with Gasteiger partial charge < -0.3 is 16.4 Å². The first-order chi connectivity index (χ1) is 14.1. The predicted molar refractivity (Wildman–Crippen MR) is 111 cm³/mol. The quantitative estimate of drug-likeness (QED) is 0.438. The number of rotatable bonds is 8. The third-order valence-corrected chi connectivity index (χ3v) is 4.63. The monoisotopic (exact) mass is 390 g/mol. The number of nitrogens with one attached hydrogen (secondary N) is 3. The van der Waals surface area contributed by atoms with Gasteiger partial charge in [-0.3, -0.25) is 9.89 Å². The van der Waals surface area contributed by atoms with E-state index in [2.05, 4.69) is 36.5 Å². The van der Waals surface area contributed by atoms with Crippen molar-refractivity contribution in [3.8, 4) is 0 Å². The van der Waals surface area contributed by atoms with Crippen molar-refractivity contribution >= 4 is 29.1 Å². The van der Waals surface area contributed by atoms with Crippen LogP contribution >= 0.6 is 0 Å². The van der Waals surface area contributed by atoms with Gasteiger partial charge in [-0.1, -0.05) is 18.2 Å². The Kier molecular flexibility index (Phi) is 5.35. The second-order valence-corrected chi connectivity index (χ2v) is 7.18. The lowest BCUT2D eigenvalue weighted by atomic mass is 10.1. The molecule has 0 radical (unpaired) electrons. The van der Waals surface area contributed by atoms with Gasteiger partial charge >= 0.3 is 0 Å². The average molecular weight is 390 g/mol. The number of hydrogen-bond donors (Lipinski definition) is 4. The molecule has 2 heterocycles. The van der Waals surface area contributed by atoms with Gasteiger partial charge in [0.05, 0.1) is 6.54 Å². The van der Waals surface area contributed by atoms with E-state index in [4.69, 9.17) is 0 Å². The number of anilines is 3. The van der Waals surface area contributed by atoms with E-state index in [-0.39, 0.29) is 12.3 Å². The van der Waals surface area contributed by atoms with Gasteiger partial charge in [-0.15, -0.1) is 0 Å². The van der Waals surface area contributed by atoms with Crippen LogP contribution in [0.2, 0.25) is 0 Å². The second-order valence-electron chi connectivity index (χ2n) is 7.18. The lowest BCUT2D eigenvalue weighted by Gasteiger charge is -2.07. The van der Waals surface area contributed by atoms with Gasteiger partial charge in [0.25, 0.3) is 0 Å². The topological polar surface area (TPSA) is 123 Å². The molecule has 1 aromatic carbocycles. The molecule has 0 saturated heterocycles. The highest BCUT2D eigenvalue weighted by Gasteiger charge is 2.25. The summed E-state index contributed by atoms with van der Waals surface area (Å²) >= 11 is 0. The van der Waals surface area contributed by atoms with E-state index in [0.29, 0.717) is 23.4 Å². The summed E-state index contributed by atoms with van der Waals surface area (Å²) in [6.45, 7) is 1.96. The van der Waals surface area contributed by atoms with E-state index in [9.17, 15) is 4.79 Å². The van der Waals surface area contributed by atoms with Gasteiger partial charge in [-0.25, -0.2) is 4.98 Å². The Morgan fingerprint density at radius 2 is 2.00 bits per heavy atom. The molecule has 1 aliphatic carbocycles. The SMILES string of the molecule is Cc1cc(Nc2cc(C3CC3)[nH]n2)nc(NCC(=O)/C=C(\[NH3+])c2ccccc2)n1. The number of H-pyrrole nitrogens is 1.